The van der Waals surface area contributed by atoms with Crippen LogP contribution in [-0.2, 0) is 4.74 Å². The number of hydrogen-bond donors (Lipinski definition) is 1. The van der Waals surface area contributed by atoms with Gasteiger partial charge in [0.05, 0.1) is 6.61 Å². The molecule has 1 N–H and O–H groups in total. The maximum atomic E-state index is 5.06. The summed E-state index contributed by atoms with van der Waals surface area (Å²) in [6.07, 6.45) is 2.61. The lowest BCUT2D eigenvalue weighted by Crippen LogP contribution is -2.39. The molecule has 20 heavy (non-hydrogen) atoms. The van der Waals surface area contributed by atoms with Crippen molar-refractivity contribution in [1.82, 2.24) is 10.2 Å². The van der Waals surface area contributed by atoms with E-state index in [-0.39, 0.29) is 0 Å². The van der Waals surface area contributed by atoms with E-state index in [0.717, 1.165) is 25.6 Å². The Morgan fingerprint density at radius 2 is 1.95 bits per heavy atom. The van der Waals surface area contributed by atoms with Gasteiger partial charge in [0.2, 0.25) is 0 Å². The fourth-order valence-electron chi connectivity index (χ4n) is 2.97. The molecule has 1 heterocycles. The Hall–Kier alpha value is -0.900. The zero-order chi connectivity index (χ0) is 14.2. The first kappa shape index (κ1) is 15.5. The van der Waals surface area contributed by atoms with E-state index < -0.39 is 0 Å². The minimum atomic E-state index is 0.540. The molecule has 1 unspecified atom stereocenters. The Balaban J connectivity index is 1.71. The monoisotopic (exact) mass is 276 g/mol. The van der Waals surface area contributed by atoms with E-state index >= 15 is 0 Å². The highest BCUT2D eigenvalue weighted by Gasteiger charge is 2.22. The molecule has 0 radical (unpaired) electrons. The summed E-state index contributed by atoms with van der Waals surface area (Å²) in [5.41, 5.74) is 1.43. The predicted molar refractivity (Wildman–Crippen MR) is 83.9 cm³/mol. The average Bonchev–Trinajstić information content (AvgIpc) is 2.52. The number of ether oxygens (including phenoxy) is 1. The number of nitrogens with zero attached hydrogens (tertiary/aromatic N) is 1. The molecule has 1 aliphatic rings. The van der Waals surface area contributed by atoms with Crippen LogP contribution in [0.3, 0.4) is 0 Å². The second-order valence-electron chi connectivity index (χ2n) is 5.76. The second-order valence-corrected chi connectivity index (χ2v) is 5.76. The van der Waals surface area contributed by atoms with Gasteiger partial charge in [-0.05, 0) is 50.9 Å². The summed E-state index contributed by atoms with van der Waals surface area (Å²) >= 11 is 0. The van der Waals surface area contributed by atoms with Crippen LogP contribution in [0.25, 0.3) is 0 Å². The van der Waals surface area contributed by atoms with Crippen molar-refractivity contribution in [3.63, 3.8) is 0 Å². The summed E-state index contributed by atoms with van der Waals surface area (Å²) in [4.78, 5) is 2.61. The molecule has 3 nitrogen and oxygen atoms in total. The Morgan fingerprint density at radius 3 is 2.60 bits per heavy atom. The Labute approximate surface area is 123 Å². The van der Waals surface area contributed by atoms with E-state index in [0.29, 0.717) is 6.04 Å². The van der Waals surface area contributed by atoms with E-state index in [1.165, 1.54) is 31.5 Å². The SMILES string of the molecule is COCCNCC1CCN(C(C)c2ccccc2)CC1. The summed E-state index contributed by atoms with van der Waals surface area (Å²) < 4.78 is 5.06. The smallest absolute Gasteiger partial charge is 0.0587 e. The van der Waals surface area contributed by atoms with E-state index in [2.05, 4.69) is 47.5 Å². The van der Waals surface area contributed by atoms with Crippen molar-refractivity contribution >= 4 is 0 Å². The second kappa shape index (κ2) is 8.40. The van der Waals surface area contributed by atoms with Gasteiger partial charge in [0.15, 0.2) is 0 Å². The third-order valence-electron chi connectivity index (χ3n) is 4.39. The van der Waals surface area contributed by atoms with Gasteiger partial charge in [-0.3, -0.25) is 4.90 Å². The molecule has 0 spiro atoms. The van der Waals surface area contributed by atoms with E-state index in [1.54, 1.807) is 7.11 Å². The van der Waals surface area contributed by atoms with Crippen molar-refractivity contribution in [2.75, 3.05) is 39.9 Å². The highest BCUT2D eigenvalue weighted by molar-refractivity contribution is 5.18. The molecule has 1 aliphatic heterocycles. The third-order valence-corrected chi connectivity index (χ3v) is 4.39. The van der Waals surface area contributed by atoms with Gasteiger partial charge < -0.3 is 10.1 Å². The fraction of sp³-hybridized carbons (Fsp3) is 0.647. The van der Waals surface area contributed by atoms with Gasteiger partial charge in [-0.25, -0.2) is 0 Å². The number of methoxy groups -OCH3 is 1. The standard InChI is InChI=1S/C17H28N2O/c1-15(17-6-4-3-5-7-17)19-11-8-16(9-12-19)14-18-10-13-20-2/h3-7,15-16,18H,8-14H2,1-2H3. The van der Waals surface area contributed by atoms with Crippen molar-refractivity contribution in [1.29, 1.82) is 0 Å². The average molecular weight is 276 g/mol. The van der Waals surface area contributed by atoms with E-state index in [1.807, 2.05) is 0 Å². The van der Waals surface area contributed by atoms with Gasteiger partial charge in [0.1, 0.15) is 0 Å². The first-order chi connectivity index (χ1) is 9.81. The van der Waals surface area contributed by atoms with Gasteiger partial charge in [-0.2, -0.15) is 0 Å². The van der Waals surface area contributed by atoms with Gasteiger partial charge in [0.25, 0.3) is 0 Å². The maximum absolute atomic E-state index is 5.06. The van der Waals surface area contributed by atoms with Crippen molar-refractivity contribution in [3.05, 3.63) is 35.9 Å². The normalized spacial score (nSPS) is 19.1. The van der Waals surface area contributed by atoms with Crippen molar-refractivity contribution in [2.24, 2.45) is 5.92 Å². The molecule has 0 aliphatic carbocycles. The molecule has 0 amide bonds. The van der Waals surface area contributed by atoms with Gasteiger partial charge in [0, 0.05) is 19.7 Å². The lowest BCUT2D eigenvalue weighted by molar-refractivity contribution is 0.137. The molecule has 2 rings (SSSR count). The lowest BCUT2D eigenvalue weighted by Gasteiger charge is -2.36. The molecular formula is C17H28N2O. The van der Waals surface area contributed by atoms with Crippen LogP contribution in [0.15, 0.2) is 30.3 Å². The molecule has 1 aromatic carbocycles. The Kier molecular flexibility index (Phi) is 6.51. The molecule has 1 aromatic rings. The van der Waals surface area contributed by atoms with Crippen LogP contribution in [-0.4, -0.2) is 44.8 Å². The fourth-order valence-corrected chi connectivity index (χ4v) is 2.97. The van der Waals surface area contributed by atoms with Crippen molar-refractivity contribution in [2.45, 2.75) is 25.8 Å². The molecular weight excluding hydrogens is 248 g/mol. The highest BCUT2D eigenvalue weighted by Crippen LogP contribution is 2.26. The number of hydrogen-bond acceptors (Lipinski definition) is 3. The first-order valence-electron chi connectivity index (χ1n) is 7.80. The maximum Gasteiger partial charge on any atom is 0.0587 e. The van der Waals surface area contributed by atoms with Gasteiger partial charge in [-0.1, -0.05) is 30.3 Å². The zero-order valence-corrected chi connectivity index (χ0v) is 12.8. The van der Waals surface area contributed by atoms with Crippen LogP contribution in [0.2, 0.25) is 0 Å². The molecule has 3 heteroatoms. The minimum Gasteiger partial charge on any atom is -0.383 e. The van der Waals surface area contributed by atoms with E-state index in [4.69, 9.17) is 4.74 Å². The largest absolute Gasteiger partial charge is 0.383 e. The predicted octanol–water partition coefficient (Wildman–Crippen LogP) is 2.70. The molecule has 1 atom stereocenters. The molecule has 1 fully saturated rings. The molecule has 0 aromatic heterocycles. The van der Waals surface area contributed by atoms with Gasteiger partial charge >= 0.3 is 0 Å². The van der Waals surface area contributed by atoms with Gasteiger partial charge in [-0.15, -0.1) is 0 Å². The van der Waals surface area contributed by atoms with Crippen LogP contribution >= 0.6 is 0 Å². The summed E-state index contributed by atoms with van der Waals surface area (Å²) in [5, 5.41) is 3.49. The van der Waals surface area contributed by atoms with Crippen molar-refractivity contribution < 1.29 is 4.74 Å². The quantitative estimate of drug-likeness (QED) is 0.775. The lowest BCUT2D eigenvalue weighted by atomic mass is 9.94. The topological polar surface area (TPSA) is 24.5 Å². The molecule has 1 saturated heterocycles. The first-order valence-corrected chi connectivity index (χ1v) is 7.80. The number of rotatable bonds is 7. The highest BCUT2D eigenvalue weighted by atomic mass is 16.5. The van der Waals surface area contributed by atoms with Crippen LogP contribution in [0, 0.1) is 5.92 Å². The molecule has 0 bridgehead atoms. The Morgan fingerprint density at radius 1 is 1.25 bits per heavy atom. The number of nitrogens with one attached hydrogen (secondary N) is 1. The molecule has 0 saturated carbocycles. The van der Waals surface area contributed by atoms with Crippen molar-refractivity contribution in [3.8, 4) is 0 Å². The summed E-state index contributed by atoms with van der Waals surface area (Å²) in [5.74, 6) is 0.825. The Bertz CT molecular complexity index is 361. The third kappa shape index (κ3) is 4.58. The van der Waals surface area contributed by atoms with Crippen LogP contribution in [0.4, 0.5) is 0 Å². The summed E-state index contributed by atoms with van der Waals surface area (Å²) in [6.45, 7) is 7.67. The minimum absolute atomic E-state index is 0.540. The number of piperidine rings is 1. The number of benzene rings is 1. The summed E-state index contributed by atoms with van der Waals surface area (Å²) in [6, 6.07) is 11.4. The van der Waals surface area contributed by atoms with Crippen LogP contribution in [0.1, 0.15) is 31.4 Å². The number of likely N-dealkylation sites (tertiary alicyclic amines) is 1. The summed E-state index contributed by atoms with van der Waals surface area (Å²) in [7, 11) is 1.76. The zero-order valence-electron chi connectivity index (χ0n) is 12.8. The molecule has 112 valence electrons. The van der Waals surface area contributed by atoms with E-state index in [9.17, 15) is 0 Å². The van der Waals surface area contributed by atoms with Crippen LogP contribution in [0.5, 0.6) is 0 Å². The van der Waals surface area contributed by atoms with Crippen LogP contribution < -0.4 is 5.32 Å².